The quantitative estimate of drug-likeness (QED) is 0.610. The van der Waals surface area contributed by atoms with Gasteiger partial charge in [-0.2, -0.15) is 0 Å². The molecule has 1 aromatic carbocycles. The van der Waals surface area contributed by atoms with Crippen molar-refractivity contribution in [1.82, 2.24) is 9.38 Å². The van der Waals surface area contributed by atoms with Crippen LogP contribution in [0.2, 0.25) is 5.02 Å². The van der Waals surface area contributed by atoms with E-state index in [9.17, 15) is 0 Å². The van der Waals surface area contributed by atoms with E-state index in [0.717, 1.165) is 17.1 Å². The largest absolute Gasteiger partial charge is 0.302 e. The second-order valence-corrected chi connectivity index (χ2v) is 6.95. The van der Waals surface area contributed by atoms with Gasteiger partial charge in [-0.1, -0.05) is 61.2 Å². The van der Waals surface area contributed by atoms with Gasteiger partial charge in [0.1, 0.15) is 5.65 Å². The van der Waals surface area contributed by atoms with Crippen LogP contribution in [0, 0.1) is 0 Å². The maximum atomic E-state index is 6.24. The first-order valence-electron chi connectivity index (χ1n) is 8.51. The molecular formula is C20H21ClN2. The lowest BCUT2D eigenvalue weighted by Gasteiger charge is -2.21. The van der Waals surface area contributed by atoms with Crippen molar-refractivity contribution in [3.05, 3.63) is 70.6 Å². The number of pyridine rings is 1. The zero-order valence-corrected chi connectivity index (χ0v) is 14.0. The maximum absolute atomic E-state index is 6.24. The van der Waals surface area contributed by atoms with Gasteiger partial charge in [0.25, 0.3) is 0 Å². The van der Waals surface area contributed by atoms with Gasteiger partial charge >= 0.3 is 0 Å². The molecule has 23 heavy (non-hydrogen) atoms. The fourth-order valence-corrected chi connectivity index (χ4v) is 3.91. The van der Waals surface area contributed by atoms with E-state index < -0.39 is 0 Å². The summed E-state index contributed by atoms with van der Waals surface area (Å²) in [6.45, 7) is 0. The molecule has 0 radical (unpaired) electrons. The van der Waals surface area contributed by atoms with Gasteiger partial charge in [-0.3, -0.25) is 0 Å². The van der Waals surface area contributed by atoms with Crippen LogP contribution in [-0.2, 0) is 6.42 Å². The Hall–Kier alpha value is -1.80. The van der Waals surface area contributed by atoms with Crippen molar-refractivity contribution >= 4 is 17.2 Å². The Labute approximate surface area is 142 Å². The van der Waals surface area contributed by atoms with Crippen molar-refractivity contribution in [2.45, 2.75) is 44.4 Å². The lowest BCUT2D eigenvalue weighted by atomic mass is 9.85. The van der Waals surface area contributed by atoms with Gasteiger partial charge in [-0.15, -0.1) is 0 Å². The summed E-state index contributed by atoms with van der Waals surface area (Å²) in [6.07, 6.45) is 9.46. The maximum Gasteiger partial charge on any atom is 0.137 e. The fourth-order valence-electron chi connectivity index (χ4n) is 3.75. The summed E-state index contributed by atoms with van der Waals surface area (Å²) in [4.78, 5) is 4.98. The predicted molar refractivity (Wildman–Crippen MR) is 95.3 cm³/mol. The Balaban J connectivity index is 1.82. The molecule has 0 saturated heterocycles. The Morgan fingerprint density at radius 2 is 1.78 bits per heavy atom. The highest BCUT2D eigenvalue weighted by Crippen LogP contribution is 2.35. The standard InChI is InChI=1S/C20H21ClN2/c21-17-11-12-19-22-20(16-9-5-2-6-10-16)18(23(19)14-17)13-15-7-3-1-4-8-15/h1,3-4,7-8,11-12,14,16H,2,5-6,9-10,13H2. The van der Waals surface area contributed by atoms with Crippen molar-refractivity contribution in [3.8, 4) is 0 Å². The number of nitrogens with zero attached hydrogens (tertiary/aromatic N) is 2. The molecule has 0 spiro atoms. The molecule has 1 saturated carbocycles. The average molecular weight is 325 g/mol. The van der Waals surface area contributed by atoms with Crippen LogP contribution in [0.3, 0.4) is 0 Å². The molecule has 1 fully saturated rings. The number of aromatic nitrogens is 2. The van der Waals surface area contributed by atoms with Crippen LogP contribution in [-0.4, -0.2) is 9.38 Å². The predicted octanol–water partition coefficient (Wildman–Crippen LogP) is 5.63. The minimum atomic E-state index is 0.598. The number of imidazole rings is 1. The summed E-state index contributed by atoms with van der Waals surface area (Å²) < 4.78 is 2.19. The van der Waals surface area contributed by atoms with Crippen LogP contribution in [0.5, 0.6) is 0 Å². The molecule has 118 valence electrons. The fraction of sp³-hybridized carbons (Fsp3) is 0.350. The van der Waals surface area contributed by atoms with Crippen LogP contribution in [0.15, 0.2) is 48.7 Å². The van der Waals surface area contributed by atoms with Crippen molar-refractivity contribution in [1.29, 1.82) is 0 Å². The highest BCUT2D eigenvalue weighted by Gasteiger charge is 2.23. The van der Waals surface area contributed by atoms with E-state index in [1.165, 1.54) is 49.1 Å². The van der Waals surface area contributed by atoms with Gasteiger partial charge < -0.3 is 4.40 Å². The summed E-state index contributed by atoms with van der Waals surface area (Å²) in [6, 6.07) is 14.6. The first-order chi connectivity index (χ1) is 11.3. The second kappa shape index (κ2) is 6.37. The zero-order valence-electron chi connectivity index (χ0n) is 13.2. The third-order valence-corrected chi connectivity index (χ3v) is 5.14. The smallest absolute Gasteiger partial charge is 0.137 e. The topological polar surface area (TPSA) is 17.3 Å². The van der Waals surface area contributed by atoms with E-state index in [1.54, 1.807) is 0 Å². The molecule has 0 N–H and O–H groups in total. The summed E-state index contributed by atoms with van der Waals surface area (Å²) >= 11 is 6.24. The average Bonchev–Trinajstić information content (AvgIpc) is 2.95. The number of halogens is 1. The first kappa shape index (κ1) is 14.8. The molecule has 2 nitrogen and oxygen atoms in total. The normalized spacial score (nSPS) is 16.0. The molecule has 0 aliphatic heterocycles. The van der Waals surface area contributed by atoms with Crippen molar-refractivity contribution in [2.75, 3.05) is 0 Å². The van der Waals surface area contributed by atoms with E-state index in [0.29, 0.717) is 5.92 Å². The Kier molecular flexibility index (Phi) is 4.09. The molecule has 2 heterocycles. The molecule has 4 rings (SSSR count). The van der Waals surface area contributed by atoms with Gasteiger partial charge in [0.05, 0.1) is 16.4 Å². The van der Waals surface area contributed by atoms with Crippen LogP contribution >= 0.6 is 11.6 Å². The summed E-state index contributed by atoms with van der Waals surface area (Å²) in [5.74, 6) is 0.598. The number of hydrogen-bond acceptors (Lipinski definition) is 1. The molecule has 3 aromatic rings. The highest BCUT2D eigenvalue weighted by molar-refractivity contribution is 6.30. The third kappa shape index (κ3) is 3.00. The number of hydrogen-bond donors (Lipinski definition) is 0. The summed E-state index contributed by atoms with van der Waals surface area (Å²) in [5, 5.41) is 0.763. The van der Waals surface area contributed by atoms with Gasteiger partial charge in [-0.25, -0.2) is 4.98 Å². The van der Waals surface area contributed by atoms with Crippen molar-refractivity contribution in [2.24, 2.45) is 0 Å². The molecule has 1 aliphatic carbocycles. The molecule has 0 atom stereocenters. The number of rotatable bonds is 3. The molecule has 0 amide bonds. The molecule has 1 aliphatic rings. The first-order valence-corrected chi connectivity index (χ1v) is 8.89. The number of benzene rings is 1. The van der Waals surface area contributed by atoms with Gasteiger partial charge in [-0.05, 0) is 30.5 Å². The monoisotopic (exact) mass is 324 g/mol. The minimum absolute atomic E-state index is 0.598. The van der Waals surface area contributed by atoms with Crippen molar-refractivity contribution in [3.63, 3.8) is 0 Å². The van der Waals surface area contributed by atoms with E-state index in [-0.39, 0.29) is 0 Å². The van der Waals surface area contributed by atoms with Gasteiger partial charge in [0.2, 0.25) is 0 Å². The molecular weight excluding hydrogens is 304 g/mol. The Morgan fingerprint density at radius 3 is 2.57 bits per heavy atom. The molecule has 2 aromatic heterocycles. The molecule has 3 heteroatoms. The highest BCUT2D eigenvalue weighted by atomic mass is 35.5. The van der Waals surface area contributed by atoms with Gasteiger partial charge in [0, 0.05) is 18.5 Å². The van der Waals surface area contributed by atoms with E-state index >= 15 is 0 Å². The number of fused-ring (bicyclic) bond motifs is 1. The SMILES string of the molecule is Clc1ccc2nc(C3CCCCC3)c(Cc3ccccc3)n2c1. The zero-order chi connectivity index (χ0) is 15.6. The van der Waals surface area contributed by atoms with Crippen LogP contribution in [0.1, 0.15) is 55.0 Å². The third-order valence-electron chi connectivity index (χ3n) is 4.92. The Bertz CT molecular complexity index is 801. The minimum Gasteiger partial charge on any atom is -0.302 e. The van der Waals surface area contributed by atoms with Gasteiger partial charge in [0.15, 0.2) is 0 Å². The van der Waals surface area contributed by atoms with Crippen LogP contribution in [0.4, 0.5) is 0 Å². The van der Waals surface area contributed by atoms with E-state index in [1.807, 2.05) is 18.3 Å². The van der Waals surface area contributed by atoms with Crippen LogP contribution in [0.25, 0.3) is 5.65 Å². The second-order valence-electron chi connectivity index (χ2n) is 6.52. The van der Waals surface area contributed by atoms with Crippen molar-refractivity contribution < 1.29 is 0 Å². The van der Waals surface area contributed by atoms with E-state index in [2.05, 4.69) is 34.7 Å². The lowest BCUT2D eigenvalue weighted by Crippen LogP contribution is -2.08. The van der Waals surface area contributed by atoms with Crippen LogP contribution < -0.4 is 0 Å². The van der Waals surface area contributed by atoms with E-state index in [4.69, 9.17) is 16.6 Å². The molecule has 0 unspecified atom stereocenters. The molecule has 0 bridgehead atoms. The summed E-state index contributed by atoms with van der Waals surface area (Å²) in [7, 11) is 0. The summed E-state index contributed by atoms with van der Waals surface area (Å²) in [5.41, 5.74) is 4.93. The lowest BCUT2D eigenvalue weighted by molar-refractivity contribution is 0.436. The Morgan fingerprint density at radius 1 is 1.00 bits per heavy atom.